The minimum Gasteiger partial charge on any atom is -0.496 e. The predicted octanol–water partition coefficient (Wildman–Crippen LogP) is 2.75. The van der Waals surface area contributed by atoms with Crippen molar-refractivity contribution in [2.75, 3.05) is 12.8 Å². The van der Waals surface area contributed by atoms with Gasteiger partial charge in [-0.3, -0.25) is 0 Å². The molecule has 0 bridgehead atoms. The third-order valence-corrected chi connectivity index (χ3v) is 1.54. The van der Waals surface area contributed by atoms with Crippen LogP contribution in [0.4, 0.5) is 10.1 Å². The number of halogens is 1. The molecule has 0 saturated carbocycles. The van der Waals surface area contributed by atoms with Crippen molar-refractivity contribution in [3.63, 3.8) is 0 Å². The Bertz CT molecular complexity index is 274. The van der Waals surface area contributed by atoms with E-state index in [9.17, 15) is 4.39 Å². The van der Waals surface area contributed by atoms with Crippen molar-refractivity contribution in [1.29, 1.82) is 0 Å². The molecule has 2 nitrogen and oxygen atoms in total. The quantitative estimate of drug-likeness (QED) is 0.683. The van der Waals surface area contributed by atoms with Crippen LogP contribution in [0.3, 0.4) is 0 Å². The number of anilines is 1. The largest absolute Gasteiger partial charge is 0.496 e. The van der Waals surface area contributed by atoms with Gasteiger partial charge in [0.2, 0.25) is 0 Å². The summed E-state index contributed by atoms with van der Waals surface area (Å²) in [6, 6.07) is 2.87. The van der Waals surface area contributed by atoms with Crippen molar-refractivity contribution >= 4 is 5.69 Å². The van der Waals surface area contributed by atoms with Gasteiger partial charge in [0, 0.05) is 17.3 Å². The fourth-order valence-corrected chi connectivity index (χ4v) is 0.886. The number of nitrogen functional groups attached to an aromatic ring is 1. The van der Waals surface area contributed by atoms with Crippen LogP contribution >= 0.6 is 0 Å². The Morgan fingerprint density at radius 3 is 2.31 bits per heavy atom. The zero-order chi connectivity index (χ0) is 10.4. The molecule has 0 aliphatic rings. The van der Waals surface area contributed by atoms with Gasteiger partial charge in [0.05, 0.1) is 7.11 Å². The van der Waals surface area contributed by atoms with Crippen molar-refractivity contribution in [3.8, 4) is 5.75 Å². The molecule has 1 rings (SSSR count). The fourth-order valence-electron chi connectivity index (χ4n) is 0.886. The van der Waals surface area contributed by atoms with Crippen molar-refractivity contribution in [3.05, 3.63) is 23.5 Å². The van der Waals surface area contributed by atoms with Crippen LogP contribution in [0, 0.1) is 12.7 Å². The molecule has 0 amide bonds. The molecule has 0 aliphatic heterocycles. The Morgan fingerprint density at radius 1 is 1.31 bits per heavy atom. The van der Waals surface area contributed by atoms with E-state index in [2.05, 4.69) is 0 Å². The minimum atomic E-state index is -0.332. The Balaban J connectivity index is 0.000000671. The molecule has 13 heavy (non-hydrogen) atoms. The van der Waals surface area contributed by atoms with E-state index >= 15 is 0 Å². The maximum absolute atomic E-state index is 12.9. The first kappa shape index (κ1) is 11.8. The van der Waals surface area contributed by atoms with Gasteiger partial charge < -0.3 is 10.5 Å². The number of hydrogen-bond acceptors (Lipinski definition) is 2. The highest BCUT2D eigenvalue weighted by molar-refractivity contribution is 5.48. The van der Waals surface area contributed by atoms with Crippen LogP contribution < -0.4 is 10.5 Å². The van der Waals surface area contributed by atoms with Crippen molar-refractivity contribution in [2.45, 2.75) is 20.8 Å². The summed E-state index contributed by atoms with van der Waals surface area (Å²) in [5.74, 6) is 0.157. The summed E-state index contributed by atoms with van der Waals surface area (Å²) in [7, 11) is 1.49. The smallest absolute Gasteiger partial charge is 0.131 e. The third kappa shape index (κ3) is 2.93. The molecule has 0 fully saturated rings. The van der Waals surface area contributed by atoms with Gasteiger partial charge in [-0.2, -0.15) is 0 Å². The zero-order valence-corrected chi connectivity index (χ0v) is 8.52. The lowest BCUT2D eigenvalue weighted by atomic mass is 10.2. The second kappa shape index (κ2) is 5.41. The third-order valence-electron chi connectivity index (χ3n) is 1.54. The maximum Gasteiger partial charge on any atom is 0.131 e. The van der Waals surface area contributed by atoms with Gasteiger partial charge in [-0.15, -0.1) is 0 Å². The summed E-state index contributed by atoms with van der Waals surface area (Å²) in [6.07, 6.45) is 0. The Morgan fingerprint density at radius 2 is 1.85 bits per heavy atom. The highest BCUT2D eigenvalue weighted by Gasteiger charge is 2.04. The predicted molar refractivity (Wildman–Crippen MR) is 53.4 cm³/mol. The van der Waals surface area contributed by atoms with E-state index in [-0.39, 0.29) is 5.82 Å². The highest BCUT2D eigenvalue weighted by Crippen LogP contribution is 2.23. The molecule has 0 saturated heterocycles. The number of methoxy groups -OCH3 is 1. The molecule has 0 aliphatic carbocycles. The van der Waals surface area contributed by atoms with Crippen molar-refractivity contribution < 1.29 is 9.13 Å². The van der Waals surface area contributed by atoms with E-state index in [0.29, 0.717) is 17.0 Å². The standard InChI is InChI=1S/C8H10FNO.C2H6/c1-5-7(9)3-6(10)4-8(5)11-2;1-2/h3-4H,10H2,1-2H3;1-2H3. The van der Waals surface area contributed by atoms with E-state index < -0.39 is 0 Å². The molecule has 0 heterocycles. The average Bonchev–Trinajstić information content (AvgIpc) is 2.14. The molecule has 0 atom stereocenters. The van der Waals surface area contributed by atoms with Gasteiger partial charge in [0.1, 0.15) is 11.6 Å². The zero-order valence-electron chi connectivity index (χ0n) is 8.52. The lowest BCUT2D eigenvalue weighted by Gasteiger charge is -2.05. The average molecular weight is 185 g/mol. The first-order valence-corrected chi connectivity index (χ1v) is 4.24. The van der Waals surface area contributed by atoms with Crippen LogP contribution in [-0.4, -0.2) is 7.11 Å². The second-order valence-corrected chi connectivity index (χ2v) is 2.33. The number of hydrogen-bond donors (Lipinski definition) is 1. The van der Waals surface area contributed by atoms with Gasteiger partial charge >= 0.3 is 0 Å². The molecule has 3 heteroatoms. The first-order valence-electron chi connectivity index (χ1n) is 4.24. The summed E-state index contributed by atoms with van der Waals surface area (Å²) < 4.78 is 17.8. The Kier molecular flexibility index (Phi) is 4.89. The molecule has 0 radical (unpaired) electrons. The summed E-state index contributed by atoms with van der Waals surface area (Å²) in [5, 5.41) is 0. The van der Waals surface area contributed by atoms with Gasteiger partial charge in [0.25, 0.3) is 0 Å². The van der Waals surface area contributed by atoms with Crippen LogP contribution in [0.25, 0.3) is 0 Å². The molecule has 1 aromatic carbocycles. The topological polar surface area (TPSA) is 35.2 Å². The van der Waals surface area contributed by atoms with E-state index in [1.807, 2.05) is 13.8 Å². The highest BCUT2D eigenvalue weighted by atomic mass is 19.1. The van der Waals surface area contributed by atoms with Crippen LogP contribution in [0.1, 0.15) is 19.4 Å². The molecule has 1 aromatic rings. The van der Waals surface area contributed by atoms with E-state index in [1.54, 1.807) is 13.0 Å². The van der Waals surface area contributed by atoms with Gasteiger partial charge in [-0.1, -0.05) is 13.8 Å². The Labute approximate surface area is 78.5 Å². The van der Waals surface area contributed by atoms with Crippen molar-refractivity contribution in [1.82, 2.24) is 0 Å². The van der Waals surface area contributed by atoms with Crippen molar-refractivity contribution in [2.24, 2.45) is 0 Å². The molecule has 74 valence electrons. The fraction of sp³-hybridized carbons (Fsp3) is 0.400. The number of rotatable bonds is 1. The summed E-state index contributed by atoms with van der Waals surface area (Å²) >= 11 is 0. The summed E-state index contributed by atoms with van der Waals surface area (Å²) in [5.41, 5.74) is 6.25. The number of ether oxygens (including phenoxy) is 1. The molecule has 0 unspecified atom stereocenters. The van der Waals surface area contributed by atoms with E-state index in [0.717, 1.165) is 0 Å². The van der Waals surface area contributed by atoms with Crippen LogP contribution in [0.5, 0.6) is 5.75 Å². The lowest BCUT2D eigenvalue weighted by Crippen LogP contribution is -1.94. The van der Waals surface area contributed by atoms with Crippen LogP contribution in [0.2, 0.25) is 0 Å². The SMILES string of the molecule is CC.COc1cc(N)cc(F)c1C. The monoisotopic (exact) mass is 185 g/mol. The molecular weight excluding hydrogens is 169 g/mol. The number of nitrogens with two attached hydrogens (primary N) is 1. The normalized spacial score (nSPS) is 8.69. The second-order valence-electron chi connectivity index (χ2n) is 2.33. The molecule has 2 N–H and O–H groups in total. The minimum absolute atomic E-state index is 0.332. The van der Waals surface area contributed by atoms with E-state index in [4.69, 9.17) is 10.5 Å². The summed E-state index contributed by atoms with van der Waals surface area (Å²) in [6.45, 7) is 5.65. The number of benzene rings is 1. The lowest BCUT2D eigenvalue weighted by molar-refractivity contribution is 0.407. The van der Waals surface area contributed by atoms with Crippen LogP contribution in [0.15, 0.2) is 12.1 Å². The maximum atomic E-state index is 12.9. The molecule has 0 aromatic heterocycles. The molecule has 0 spiro atoms. The van der Waals surface area contributed by atoms with Gasteiger partial charge in [-0.25, -0.2) is 4.39 Å². The Hall–Kier alpha value is -1.25. The van der Waals surface area contributed by atoms with Crippen LogP contribution in [-0.2, 0) is 0 Å². The van der Waals surface area contributed by atoms with Gasteiger partial charge in [0.15, 0.2) is 0 Å². The van der Waals surface area contributed by atoms with Gasteiger partial charge in [-0.05, 0) is 13.0 Å². The summed E-state index contributed by atoms with van der Waals surface area (Å²) in [4.78, 5) is 0. The molecular formula is C10H16FNO. The van der Waals surface area contributed by atoms with E-state index in [1.165, 1.54) is 13.2 Å². The first-order chi connectivity index (χ1) is 6.15.